The molecule has 0 saturated carbocycles. The molecular weight excluding hydrogens is 238 g/mol. The molecule has 0 aliphatic heterocycles. The second kappa shape index (κ2) is 5.45. The minimum Gasteiger partial charge on any atom is -0.365 e. The lowest BCUT2D eigenvalue weighted by Crippen LogP contribution is -2.44. The maximum Gasteiger partial charge on any atom is 0.257 e. The first-order valence-corrected chi connectivity index (χ1v) is 6.74. The molecule has 0 saturated heterocycles. The molecule has 1 aromatic carbocycles. The van der Waals surface area contributed by atoms with Gasteiger partial charge in [0.1, 0.15) is 5.82 Å². The lowest BCUT2D eigenvalue weighted by atomic mass is 9.93. The first-order chi connectivity index (χ1) is 9.14. The van der Waals surface area contributed by atoms with Crippen LogP contribution in [-0.4, -0.2) is 17.1 Å². The van der Waals surface area contributed by atoms with E-state index in [9.17, 15) is 4.79 Å². The lowest BCUT2D eigenvalue weighted by Gasteiger charge is -2.32. The number of H-pyrrole nitrogens is 1. The van der Waals surface area contributed by atoms with E-state index in [1.807, 2.05) is 30.3 Å². The third kappa shape index (κ3) is 2.63. The molecule has 0 aliphatic rings. The summed E-state index contributed by atoms with van der Waals surface area (Å²) in [6, 6.07) is 9.53. The van der Waals surface area contributed by atoms with E-state index in [1.54, 1.807) is 0 Å². The number of pyridine rings is 1. The van der Waals surface area contributed by atoms with E-state index < -0.39 is 0 Å². The minimum atomic E-state index is -0.161. The van der Waals surface area contributed by atoms with Gasteiger partial charge < -0.3 is 16.0 Å². The van der Waals surface area contributed by atoms with Crippen LogP contribution in [0.5, 0.6) is 0 Å². The largest absolute Gasteiger partial charge is 0.365 e. The molecule has 0 radical (unpaired) electrons. The summed E-state index contributed by atoms with van der Waals surface area (Å²) < 4.78 is 0. The van der Waals surface area contributed by atoms with Crippen molar-refractivity contribution < 1.29 is 0 Å². The van der Waals surface area contributed by atoms with Gasteiger partial charge in [0.05, 0.1) is 5.54 Å². The fourth-order valence-corrected chi connectivity index (χ4v) is 2.33. The maximum atomic E-state index is 12.0. The monoisotopic (exact) mass is 259 g/mol. The van der Waals surface area contributed by atoms with E-state index in [0.29, 0.717) is 11.9 Å². The minimum absolute atomic E-state index is 0.0706. The summed E-state index contributed by atoms with van der Waals surface area (Å²) in [5.41, 5.74) is 5.64. The summed E-state index contributed by atoms with van der Waals surface area (Å²) in [4.78, 5) is 14.9. The molecule has 2 rings (SSSR count). The highest BCUT2D eigenvalue weighted by molar-refractivity contribution is 5.83. The Morgan fingerprint density at radius 3 is 2.58 bits per heavy atom. The van der Waals surface area contributed by atoms with Crippen molar-refractivity contribution in [1.82, 2.24) is 4.98 Å². The number of benzene rings is 1. The number of aromatic nitrogens is 1. The number of nitrogens with one attached hydrogen (secondary N) is 2. The van der Waals surface area contributed by atoms with Crippen LogP contribution in [0.15, 0.2) is 35.1 Å². The van der Waals surface area contributed by atoms with Gasteiger partial charge in [0.15, 0.2) is 0 Å². The Morgan fingerprint density at radius 2 is 1.95 bits per heavy atom. The fraction of sp³-hybridized carbons (Fsp3) is 0.400. The summed E-state index contributed by atoms with van der Waals surface area (Å²) in [6.07, 6.45) is 1.82. The third-order valence-corrected chi connectivity index (χ3v) is 3.90. The molecular formula is C15H21N3O. The van der Waals surface area contributed by atoms with E-state index in [-0.39, 0.29) is 11.1 Å². The Labute approximate surface area is 113 Å². The quantitative estimate of drug-likeness (QED) is 0.772. The van der Waals surface area contributed by atoms with E-state index in [1.165, 1.54) is 0 Å². The highest BCUT2D eigenvalue weighted by Gasteiger charge is 2.24. The zero-order valence-corrected chi connectivity index (χ0v) is 11.5. The summed E-state index contributed by atoms with van der Waals surface area (Å²) in [6.45, 7) is 4.74. The molecule has 4 heteroatoms. The van der Waals surface area contributed by atoms with Crippen LogP contribution in [0.2, 0.25) is 0 Å². The van der Waals surface area contributed by atoms with Gasteiger partial charge in [0.2, 0.25) is 0 Å². The molecule has 102 valence electrons. The van der Waals surface area contributed by atoms with Crippen LogP contribution in [0, 0.1) is 0 Å². The molecule has 0 spiro atoms. The number of nitrogens with two attached hydrogens (primary N) is 1. The molecule has 19 heavy (non-hydrogen) atoms. The van der Waals surface area contributed by atoms with Crippen molar-refractivity contribution in [1.29, 1.82) is 0 Å². The van der Waals surface area contributed by atoms with Crippen molar-refractivity contribution in [2.75, 3.05) is 11.9 Å². The molecule has 0 bridgehead atoms. The Hall–Kier alpha value is -1.81. The van der Waals surface area contributed by atoms with Gasteiger partial charge in [-0.2, -0.15) is 0 Å². The van der Waals surface area contributed by atoms with Gasteiger partial charge in [-0.15, -0.1) is 0 Å². The van der Waals surface area contributed by atoms with Crippen LogP contribution in [-0.2, 0) is 0 Å². The van der Waals surface area contributed by atoms with Crippen LogP contribution < -0.4 is 16.6 Å². The van der Waals surface area contributed by atoms with Crippen LogP contribution in [0.3, 0.4) is 0 Å². The molecule has 0 amide bonds. The fourth-order valence-electron chi connectivity index (χ4n) is 2.33. The normalized spacial score (nSPS) is 11.7. The van der Waals surface area contributed by atoms with Gasteiger partial charge in [-0.1, -0.05) is 32.0 Å². The highest BCUT2D eigenvalue weighted by atomic mass is 16.1. The standard InChI is InChI=1S/C15H21N3O/c1-3-15(4-2,10-16)18-13-9-11-7-5-6-8-12(11)14(19)17-13/h5-9H,3-4,10,16H2,1-2H3,(H2,17,18,19). The summed E-state index contributed by atoms with van der Waals surface area (Å²) >= 11 is 0. The first kappa shape index (κ1) is 13.6. The van der Waals surface area contributed by atoms with E-state index in [2.05, 4.69) is 24.1 Å². The summed E-state index contributed by atoms with van der Waals surface area (Å²) in [5.74, 6) is 0.734. The van der Waals surface area contributed by atoms with Crippen LogP contribution in [0.4, 0.5) is 5.82 Å². The predicted molar refractivity (Wildman–Crippen MR) is 80.6 cm³/mol. The van der Waals surface area contributed by atoms with Gasteiger partial charge >= 0.3 is 0 Å². The number of hydrogen-bond donors (Lipinski definition) is 3. The zero-order chi connectivity index (χ0) is 13.9. The molecule has 0 aliphatic carbocycles. The molecule has 0 atom stereocenters. The van der Waals surface area contributed by atoms with Crippen LogP contribution in [0.25, 0.3) is 10.8 Å². The van der Waals surface area contributed by atoms with Gasteiger partial charge in [-0.3, -0.25) is 4.79 Å². The van der Waals surface area contributed by atoms with E-state index in [0.717, 1.165) is 24.0 Å². The number of fused-ring (bicyclic) bond motifs is 1. The molecule has 0 unspecified atom stereocenters. The van der Waals surface area contributed by atoms with Crippen molar-refractivity contribution in [3.05, 3.63) is 40.7 Å². The maximum absolute atomic E-state index is 12.0. The number of rotatable bonds is 5. The Kier molecular flexibility index (Phi) is 3.90. The lowest BCUT2D eigenvalue weighted by molar-refractivity contribution is 0.444. The second-order valence-electron chi connectivity index (χ2n) is 4.92. The predicted octanol–water partition coefficient (Wildman–Crippen LogP) is 2.46. The molecule has 4 nitrogen and oxygen atoms in total. The Balaban J connectivity index is 2.44. The second-order valence-corrected chi connectivity index (χ2v) is 4.92. The smallest absolute Gasteiger partial charge is 0.257 e. The van der Waals surface area contributed by atoms with Crippen LogP contribution >= 0.6 is 0 Å². The number of aromatic amines is 1. The molecule has 1 aromatic heterocycles. The van der Waals surface area contributed by atoms with E-state index >= 15 is 0 Å². The van der Waals surface area contributed by atoms with E-state index in [4.69, 9.17) is 5.73 Å². The Morgan fingerprint density at radius 1 is 1.26 bits per heavy atom. The third-order valence-electron chi connectivity index (χ3n) is 3.90. The molecule has 0 fully saturated rings. The molecule has 2 aromatic rings. The first-order valence-electron chi connectivity index (χ1n) is 6.74. The molecule has 4 N–H and O–H groups in total. The van der Waals surface area contributed by atoms with Gasteiger partial charge in [0.25, 0.3) is 5.56 Å². The van der Waals surface area contributed by atoms with Crippen molar-refractivity contribution in [3.63, 3.8) is 0 Å². The zero-order valence-electron chi connectivity index (χ0n) is 11.5. The number of hydrogen-bond acceptors (Lipinski definition) is 3. The van der Waals surface area contributed by atoms with Gasteiger partial charge in [-0.05, 0) is 30.4 Å². The Bertz CT molecular complexity index is 606. The topological polar surface area (TPSA) is 70.9 Å². The van der Waals surface area contributed by atoms with Crippen molar-refractivity contribution in [3.8, 4) is 0 Å². The van der Waals surface area contributed by atoms with Crippen LogP contribution in [0.1, 0.15) is 26.7 Å². The van der Waals surface area contributed by atoms with Crippen molar-refractivity contribution >= 4 is 16.6 Å². The van der Waals surface area contributed by atoms with Crippen molar-refractivity contribution in [2.45, 2.75) is 32.2 Å². The van der Waals surface area contributed by atoms with Gasteiger partial charge in [-0.25, -0.2) is 0 Å². The average molecular weight is 259 g/mol. The highest BCUT2D eigenvalue weighted by Crippen LogP contribution is 2.21. The molecule has 1 heterocycles. The average Bonchev–Trinajstić information content (AvgIpc) is 2.45. The van der Waals surface area contributed by atoms with Crippen molar-refractivity contribution in [2.24, 2.45) is 5.73 Å². The summed E-state index contributed by atoms with van der Waals surface area (Å²) in [5, 5.41) is 5.04. The van der Waals surface area contributed by atoms with Gasteiger partial charge in [0, 0.05) is 11.9 Å². The SMILES string of the molecule is CCC(CC)(CN)Nc1cc2ccccc2c(=O)[nH]1. The number of anilines is 1. The summed E-state index contributed by atoms with van der Waals surface area (Å²) in [7, 11) is 0.